The molecule has 0 spiro atoms. The highest BCUT2D eigenvalue weighted by Crippen LogP contribution is 2.30. The van der Waals surface area contributed by atoms with E-state index in [1.807, 2.05) is 51.1 Å². The van der Waals surface area contributed by atoms with Gasteiger partial charge in [0.05, 0.1) is 17.7 Å². The molecule has 0 aliphatic rings. The van der Waals surface area contributed by atoms with Crippen molar-refractivity contribution in [1.82, 2.24) is 10.2 Å². The Morgan fingerprint density at radius 2 is 1.39 bits per heavy atom. The Morgan fingerprint density at radius 1 is 0.826 bits per heavy atom. The maximum Gasteiger partial charge on any atom is 0.264 e. The molecule has 0 bridgehead atoms. The van der Waals surface area contributed by atoms with E-state index in [1.54, 1.807) is 60.7 Å². The highest BCUT2D eigenvalue weighted by Gasteiger charge is 2.36. The molecule has 0 saturated carbocycles. The third-order valence-electron chi connectivity index (χ3n) is 7.13. The van der Waals surface area contributed by atoms with Crippen LogP contribution in [0, 0.1) is 0 Å². The van der Waals surface area contributed by atoms with Gasteiger partial charge in [0.25, 0.3) is 10.0 Å². The fourth-order valence-electron chi connectivity index (χ4n) is 4.86. The third-order valence-corrected chi connectivity index (χ3v) is 9.63. The molecule has 1 unspecified atom stereocenters. The quantitative estimate of drug-likeness (QED) is 0.178. The molecule has 0 fully saturated rings. The lowest BCUT2D eigenvalue weighted by Crippen LogP contribution is -2.56. The Kier molecular flexibility index (Phi) is 11.4. The topological polar surface area (TPSA) is 96.0 Å². The molecule has 4 aromatic carbocycles. The molecular formula is C35H37Cl2N3O5S. The van der Waals surface area contributed by atoms with E-state index in [2.05, 4.69) is 5.32 Å². The molecule has 0 aliphatic carbocycles. The molecule has 2 amide bonds. The van der Waals surface area contributed by atoms with Crippen molar-refractivity contribution in [3.8, 4) is 5.75 Å². The zero-order valence-corrected chi connectivity index (χ0v) is 28.4. The first-order chi connectivity index (χ1) is 21.8. The Bertz CT molecular complexity index is 1730. The number of hydrogen-bond acceptors (Lipinski definition) is 5. The van der Waals surface area contributed by atoms with Gasteiger partial charge < -0.3 is 15.0 Å². The monoisotopic (exact) mass is 681 g/mol. The number of nitrogens with zero attached hydrogens (tertiary/aromatic N) is 2. The van der Waals surface area contributed by atoms with Crippen LogP contribution in [0.3, 0.4) is 0 Å². The van der Waals surface area contributed by atoms with E-state index in [1.165, 1.54) is 24.1 Å². The predicted molar refractivity (Wildman–Crippen MR) is 183 cm³/mol. The summed E-state index contributed by atoms with van der Waals surface area (Å²) in [5.41, 5.74) is 0.868. The van der Waals surface area contributed by atoms with Crippen molar-refractivity contribution in [2.24, 2.45) is 0 Å². The summed E-state index contributed by atoms with van der Waals surface area (Å²) in [4.78, 5) is 29.9. The van der Waals surface area contributed by atoms with Gasteiger partial charge in [0.15, 0.2) is 0 Å². The zero-order valence-electron chi connectivity index (χ0n) is 26.1. The summed E-state index contributed by atoms with van der Waals surface area (Å²) in [7, 11) is -2.73. The van der Waals surface area contributed by atoms with Crippen LogP contribution in [0.15, 0.2) is 108 Å². The van der Waals surface area contributed by atoms with Crippen LogP contribution in [0.1, 0.15) is 31.9 Å². The lowest BCUT2D eigenvalue weighted by molar-refractivity contribution is -0.140. The maximum atomic E-state index is 14.6. The second kappa shape index (κ2) is 15.0. The lowest BCUT2D eigenvalue weighted by atomic mass is 10.0. The number of halogens is 2. The van der Waals surface area contributed by atoms with E-state index in [-0.39, 0.29) is 23.5 Å². The average molecular weight is 683 g/mol. The second-order valence-corrected chi connectivity index (χ2v) is 14.4. The maximum absolute atomic E-state index is 14.6. The van der Waals surface area contributed by atoms with Gasteiger partial charge in [0.2, 0.25) is 11.8 Å². The first-order valence-corrected chi connectivity index (χ1v) is 16.8. The lowest BCUT2D eigenvalue weighted by Gasteiger charge is -2.35. The molecule has 8 nitrogen and oxygen atoms in total. The number of carbonyl (C=O) groups is 2. The van der Waals surface area contributed by atoms with Crippen LogP contribution in [-0.2, 0) is 32.6 Å². The van der Waals surface area contributed by atoms with Gasteiger partial charge in [-0.1, -0.05) is 77.8 Å². The summed E-state index contributed by atoms with van der Waals surface area (Å²) in [5, 5.41) is 3.62. The normalized spacial score (nSPS) is 12.2. The number of anilines is 1. The van der Waals surface area contributed by atoms with E-state index in [0.29, 0.717) is 21.4 Å². The van der Waals surface area contributed by atoms with E-state index < -0.39 is 40.0 Å². The number of ether oxygens (including phenoxy) is 1. The molecule has 11 heteroatoms. The van der Waals surface area contributed by atoms with Crippen LogP contribution < -0.4 is 14.4 Å². The molecule has 4 rings (SSSR count). The molecule has 1 atom stereocenters. The van der Waals surface area contributed by atoms with E-state index >= 15 is 0 Å². The standard InChI is InChI=1S/C35H37Cl2N3O5S/c1-35(2,3)38-34(42)32(22-25-12-7-5-8-13-25)39(23-29-30(36)16-11-17-31(29)37)33(41)24-40(26-18-20-27(45-4)21-19-26)46(43,44)28-14-9-6-10-15-28/h5-21,32H,22-24H2,1-4H3,(H,38,42). The number of sulfonamides is 1. The molecule has 0 saturated heterocycles. The summed E-state index contributed by atoms with van der Waals surface area (Å²) in [5.74, 6) is -0.519. The summed E-state index contributed by atoms with van der Waals surface area (Å²) in [6, 6.07) is 27.5. The van der Waals surface area contributed by atoms with Crippen molar-refractivity contribution in [3.05, 3.63) is 124 Å². The van der Waals surface area contributed by atoms with Crippen LogP contribution in [0.25, 0.3) is 0 Å². The van der Waals surface area contributed by atoms with Gasteiger partial charge >= 0.3 is 0 Å². The van der Waals surface area contributed by atoms with Crippen molar-refractivity contribution in [3.63, 3.8) is 0 Å². The Balaban J connectivity index is 1.85. The van der Waals surface area contributed by atoms with Crippen LogP contribution >= 0.6 is 23.2 Å². The van der Waals surface area contributed by atoms with Crippen LogP contribution in [0.5, 0.6) is 5.75 Å². The molecule has 0 radical (unpaired) electrons. The SMILES string of the molecule is COc1ccc(N(CC(=O)N(Cc2c(Cl)cccc2Cl)C(Cc2ccccc2)C(=O)NC(C)(C)C)S(=O)(=O)c2ccccc2)cc1. The second-order valence-electron chi connectivity index (χ2n) is 11.7. The molecule has 1 N–H and O–H groups in total. The number of carbonyl (C=O) groups excluding carboxylic acids is 2. The Morgan fingerprint density at radius 3 is 1.93 bits per heavy atom. The average Bonchev–Trinajstić information content (AvgIpc) is 3.02. The number of hydrogen-bond donors (Lipinski definition) is 1. The minimum atomic E-state index is -4.23. The van der Waals surface area contributed by atoms with Gasteiger partial charge in [-0.15, -0.1) is 0 Å². The number of rotatable bonds is 12. The molecule has 0 aliphatic heterocycles. The van der Waals surface area contributed by atoms with Crippen LogP contribution in [0.2, 0.25) is 10.0 Å². The van der Waals surface area contributed by atoms with Gasteiger partial charge in [-0.2, -0.15) is 0 Å². The van der Waals surface area contributed by atoms with Crippen molar-refractivity contribution in [1.29, 1.82) is 0 Å². The van der Waals surface area contributed by atoms with Crippen molar-refractivity contribution in [2.45, 2.75) is 50.2 Å². The largest absolute Gasteiger partial charge is 0.497 e. The number of nitrogens with one attached hydrogen (secondary N) is 1. The molecule has 46 heavy (non-hydrogen) atoms. The van der Waals surface area contributed by atoms with Gasteiger partial charge in [0.1, 0.15) is 18.3 Å². The summed E-state index contributed by atoms with van der Waals surface area (Å²) >= 11 is 13.1. The molecule has 4 aromatic rings. The molecule has 0 heterocycles. The summed E-state index contributed by atoms with van der Waals surface area (Å²) < 4.78 is 34.5. The van der Waals surface area contributed by atoms with Gasteiger partial charge in [-0.3, -0.25) is 13.9 Å². The first-order valence-electron chi connectivity index (χ1n) is 14.6. The number of amides is 2. The Labute approximate surface area is 280 Å². The number of methoxy groups -OCH3 is 1. The highest BCUT2D eigenvalue weighted by molar-refractivity contribution is 7.92. The van der Waals surface area contributed by atoms with Crippen molar-refractivity contribution in [2.75, 3.05) is 18.0 Å². The number of benzene rings is 4. The van der Waals surface area contributed by atoms with E-state index in [4.69, 9.17) is 27.9 Å². The van der Waals surface area contributed by atoms with E-state index in [0.717, 1.165) is 9.87 Å². The van der Waals surface area contributed by atoms with Crippen molar-refractivity contribution < 1.29 is 22.7 Å². The van der Waals surface area contributed by atoms with Crippen LogP contribution in [0.4, 0.5) is 5.69 Å². The van der Waals surface area contributed by atoms with Crippen molar-refractivity contribution >= 4 is 50.7 Å². The fraction of sp³-hybridized carbons (Fsp3) is 0.257. The smallest absolute Gasteiger partial charge is 0.264 e. The molecule has 242 valence electrons. The predicted octanol–water partition coefficient (Wildman–Crippen LogP) is 6.75. The highest BCUT2D eigenvalue weighted by atomic mass is 35.5. The first kappa shape index (κ1) is 34.8. The summed E-state index contributed by atoms with van der Waals surface area (Å²) in [6.45, 7) is 4.78. The third kappa shape index (κ3) is 8.81. The zero-order chi connectivity index (χ0) is 33.5. The van der Waals surface area contributed by atoms with Crippen LogP contribution in [-0.4, -0.2) is 50.4 Å². The van der Waals surface area contributed by atoms with E-state index in [9.17, 15) is 18.0 Å². The summed E-state index contributed by atoms with van der Waals surface area (Å²) in [6.07, 6.45) is 0.157. The Hall–Kier alpha value is -4.05. The van der Waals surface area contributed by atoms with Gasteiger partial charge in [-0.05, 0) is 74.9 Å². The fourth-order valence-corrected chi connectivity index (χ4v) is 6.81. The molecular weight excluding hydrogens is 645 g/mol. The van der Waals surface area contributed by atoms with Gasteiger partial charge in [-0.25, -0.2) is 8.42 Å². The minimum absolute atomic E-state index is 0.00521. The molecule has 0 aromatic heterocycles. The van der Waals surface area contributed by atoms with Gasteiger partial charge in [0, 0.05) is 34.1 Å². The minimum Gasteiger partial charge on any atom is -0.497 e.